The third-order valence-electron chi connectivity index (χ3n) is 12.7. The van der Waals surface area contributed by atoms with E-state index in [0.717, 1.165) is 30.2 Å². The number of carbonyl (C=O) groups is 4. The number of piperidine rings is 1. The number of fused-ring (bicyclic) bond motifs is 4. The van der Waals surface area contributed by atoms with Crippen molar-refractivity contribution in [2.45, 2.75) is 49.6 Å². The quantitative estimate of drug-likeness (QED) is 0.157. The van der Waals surface area contributed by atoms with Crippen molar-refractivity contribution in [2.24, 2.45) is 23.7 Å². The van der Waals surface area contributed by atoms with E-state index in [9.17, 15) is 23.9 Å². The van der Waals surface area contributed by atoms with Crippen LogP contribution in [0.5, 0.6) is 5.75 Å². The Labute approximate surface area is 323 Å². The molecule has 3 saturated heterocycles. The van der Waals surface area contributed by atoms with Crippen LogP contribution >= 0.6 is 11.6 Å². The molecule has 280 valence electrons. The summed E-state index contributed by atoms with van der Waals surface area (Å²) in [5, 5.41) is 12.3. The fourth-order valence-electron chi connectivity index (χ4n) is 10.3. The van der Waals surface area contributed by atoms with Gasteiger partial charge in [0.05, 0.1) is 28.9 Å². The number of allylic oxidation sites excluding steroid dienone is 2. The number of amides is 4. The summed E-state index contributed by atoms with van der Waals surface area (Å²) in [7, 11) is 0. The summed E-state index contributed by atoms with van der Waals surface area (Å²) in [6.07, 6.45) is 3.85. The molecule has 1 saturated carbocycles. The first-order chi connectivity index (χ1) is 26.6. The number of hydrogen-bond donors (Lipinski definition) is 2. The predicted octanol–water partition coefficient (Wildman–Crippen LogP) is 6.83. The highest BCUT2D eigenvalue weighted by Gasteiger charge is 2.70. The van der Waals surface area contributed by atoms with E-state index in [1.807, 2.05) is 30.3 Å². The number of imide groups is 2. The van der Waals surface area contributed by atoms with Gasteiger partial charge in [-0.15, -0.1) is 0 Å². The maximum Gasteiger partial charge on any atom is 0.260 e. The summed E-state index contributed by atoms with van der Waals surface area (Å²) in [4.78, 5) is 62.9. The summed E-state index contributed by atoms with van der Waals surface area (Å²) < 4.78 is 13.9. The lowest BCUT2D eigenvalue weighted by molar-refractivity contribution is -0.144. The lowest BCUT2D eigenvalue weighted by atomic mass is 9.49. The standard InChI is InChI=1S/C44H40ClFN4O5/c45-29-11-9-28(10-12-29)44-37(41(53)50(43(44)55)47-31-15-13-30(46)14-16-31)24-36-34(39(44)27-7-4-8-33(51)23-27)17-18-35-38(36)42(54)49(40(35)52)32-19-21-48(22-20-32)25-26-5-2-1-3-6-26/h1-17,23,32,35-39,47,51H,18-22,24-25H2/t35-,36+,37-,38-,39-,44+/m0/s1. The molecule has 4 amide bonds. The van der Waals surface area contributed by atoms with Crippen LogP contribution in [-0.2, 0) is 31.1 Å². The number of hydrogen-bond acceptors (Lipinski definition) is 7. The monoisotopic (exact) mass is 758 g/mol. The number of phenols is 1. The van der Waals surface area contributed by atoms with Crippen molar-refractivity contribution in [3.63, 3.8) is 0 Å². The van der Waals surface area contributed by atoms with Gasteiger partial charge in [0.1, 0.15) is 11.6 Å². The minimum Gasteiger partial charge on any atom is -0.508 e. The number of likely N-dealkylation sites (tertiary alicyclic amines) is 2. The maximum atomic E-state index is 15.2. The summed E-state index contributed by atoms with van der Waals surface area (Å²) >= 11 is 6.38. The van der Waals surface area contributed by atoms with Crippen LogP contribution in [-0.4, -0.2) is 62.7 Å². The molecule has 0 bridgehead atoms. The number of aromatic hydroxyl groups is 1. The summed E-state index contributed by atoms with van der Waals surface area (Å²) in [6.45, 7) is 2.33. The molecule has 9 nitrogen and oxygen atoms in total. The van der Waals surface area contributed by atoms with E-state index in [2.05, 4.69) is 22.5 Å². The highest BCUT2D eigenvalue weighted by Crippen LogP contribution is 2.64. The Morgan fingerprint density at radius 3 is 2.25 bits per heavy atom. The van der Waals surface area contributed by atoms with Crippen molar-refractivity contribution in [3.05, 3.63) is 142 Å². The summed E-state index contributed by atoms with van der Waals surface area (Å²) in [5.41, 5.74) is 5.01. The van der Waals surface area contributed by atoms with Gasteiger partial charge >= 0.3 is 0 Å². The van der Waals surface area contributed by atoms with E-state index >= 15 is 4.79 Å². The fourth-order valence-corrected chi connectivity index (χ4v) is 10.4. The van der Waals surface area contributed by atoms with E-state index in [4.69, 9.17) is 11.6 Å². The Kier molecular flexibility index (Phi) is 8.85. The molecule has 3 heterocycles. The zero-order chi connectivity index (χ0) is 38.0. The van der Waals surface area contributed by atoms with Crippen LogP contribution in [0.1, 0.15) is 48.3 Å². The van der Waals surface area contributed by atoms with Crippen LogP contribution < -0.4 is 5.43 Å². The molecule has 4 fully saturated rings. The molecule has 9 rings (SSSR count). The first-order valence-electron chi connectivity index (χ1n) is 18.9. The first kappa shape index (κ1) is 35.4. The van der Waals surface area contributed by atoms with Gasteiger partial charge in [-0.25, -0.2) is 4.39 Å². The molecular weight excluding hydrogens is 719 g/mol. The zero-order valence-corrected chi connectivity index (χ0v) is 30.7. The molecule has 4 aromatic rings. The van der Waals surface area contributed by atoms with Crippen molar-refractivity contribution in [2.75, 3.05) is 18.5 Å². The highest BCUT2D eigenvalue weighted by molar-refractivity contribution is 6.30. The van der Waals surface area contributed by atoms with Crippen molar-refractivity contribution in [1.29, 1.82) is 0 Å². The number of halogens is 2. The average Bonchev–Trinajstić information content (AvgIpc) is 3.57. The molecular formula is C44H40ClFN4O5. The number of benzene rings is 4. The topological polar surface area (TPSA) is 110 Å². The Balaban J connectivity index is 1.10. The number of carbonyl (C=O) groups excluding carboxylic acids is 4. The molecule has 5 aliphatic rings. The van der Waals surface area contributed by atoms with Crippen molar-refractivity contribution < 1.29 is 28.7 Å². The minimum atomic E-state index is -1.51. The third-order valence-corrected chi connectivity index (χ3v) is 12.9. The van der Waals surface area contributed by atoms with Gasteiger partial charge in [0.15, 0.2) is 0 Å². The molecule has 0 spiro atoms. The fraction of sp³-hybridized carbons (Fsp3) is 0.318. The number of phenolic OH excluding ortho intramolecular Hbond substituents is 1. The highest BCUT2D eigenvalue weighted by atomic mass is 35.5. The molecule has 3 aliphatic heterocycles. The number of hydrazine groups is 1. The van der Waals surface area contributed by atoms with Crippen LogP contribution in [0, 0.1) is 29.5 Å². The average molecular weight is 759 g/mol. The normalized spacial score (nSPS) is 28.2. The van der Waals surface area contributed by atoms with Gasteiger partial charge in [0.2, 0.25) is 11.8 Å². The molecule has 2 aliphatic carbocycles. The molecule has 4 aromatic carbocycles. The van der Waals surface area contributed by atoms with Crippen LogP contribution in [0.4, 0.5) is 10.1 Å². The Morgan fingerprint density at radius 2 is 1.55 bits per heavy atom. The number of nitrogens with zero attached hydrogens (tertiary/aromatic N) is 3. The second-order valence-electron chi connectivity index (χ2n) is 15.5. The van der Waals surface area contributed by atoms with Crippen LogP contribution in [0.3, 0.4) is 0 Å². The van der Waals surface area contributed by atoms with Crippen molar-refractivity contribution in [3.8, 4) is 5.75 Å². The van der Waals surface area contributed by atoms with Crippen LogP contribution in [0.25, 0.3) is 0 Å². The maximum absolute atomic E-state index is 15.2. The Morgan fingerprint density at radius 1 is 0.818 bits per heavy atom. The summed E-state index contributed by atoms with van der Waals surface area (Å²) in [6, 6.07) is 29.0. The van der Waals surface area contributed by atoms with Gasteiger partial charge < -0.3 is 5.11 Å². The van der Waals surface area contributed by atoms with Gasteiger partial charge in [0, 0.05) is 36.6 Å². The molecule has 0 aromatic heterocycles. The SMILES string of the molecule is O=C1[C@@H]2C[C@@H]3C(=CC[C@@H]4C(=O)N(C5CCN(Cc6ccccc6)CC5)C(=O)[C@@H]43)[C@H](c3cccc(O)c3)[C@]2(c2ccc(Cl)cc2)C(=O)N1Nc1ccc(F)cc1. The number of anilines is 1. The Hall–Kier alpha value is -5.32. The van der Waals surface area contributed by atoms with Gasteiger partial charge in [-0.2, -0.15) is 5.01 Å². The van der Waals surface area contributed by atoms with Crippen molar-refractivity contribution >= 4 is 40.9 Å². The first-order valence-corrected chi connectivity index (χ1v) is 19.3. The van der Waals surface area contributed by atoms with E-state index in [1.54, 1.807) is 42.5 Å². The van der Waals surface area contributed by atoms with Crippen molar-refractivity contribution in [1.82, 2.24) is 14.8 Å². The smallest absolute Gasteiger partial charge is 0.260 e. The second kappa shape index (κ2) is 13.8. The molecule has 0 unspecified atom stereocenters. The zero-order valence-electron chi connectivity index (χ0n) is 30.0. The van der Waals surface area contributed by atoms with Gasteiger partial charge in [0.25, 0.3) is 11.8 Å². The minimum absolute atomic E-state index is 0.00770. The number of rotatable bonds is 7. The lowest BCUT2D eigenvalue weighted by Crippen LogP contribution is -2.53. The van der Waals surface area contributed by atoms with E-state index < -0.39 is 52.6 Å². The molecule has 2 N–H and O–H groups in total. The molecule has 6 atom stereocenters. The lowest BCUT2D eigenvalue weighted by Gasteiger charge is -2.50. The van der Waals surface area contributed by atoms with Gasteiger partial charge in [-0.05, 0) is 96.8 Å². The third kappa shape index (κ3) is 5.76. The largest absolute Gasteiger partial charge is 0.508 e. The molecule has 0 radical (unpaired) electrons. The second-order valence-corrected chi connectivity index (χ2v) is 15.9. The van der Waals surface area contributed by atoms with Gasteiger partial charge in [-0.1, -0.05) is 77.8 Å². The van der Waals surface area contributed by atoms with E-state index in [0.29, 0.717) is 41.1 Å². The van der Waals surface area contributed by atoms with Gasteiger partial charge in [-0.3, -0.25) is 34.4 Å². The summed E-state index contributed by atoms with van der Waals surface area (Å²) in [5.74, 6) is -5.37. The molecule has 11 heteroatoms. The predicted molar refractivity (Wildman–Crippen MR) is 204 cm³/mol. The van der Waals surface area contributed by atoms with E-state index in [1.165, 1.54) is 34.7 Å². The van der Waals surface area contributed by atoms with Crippen LogP contribution in [0.15, 0.2) is 115 Å². The molecule has 55 heavy (non-hydrogen) atoms. The Bertz CT molecular complexity index is 2210. The van der Waals surface area contributed by atoms with Crippen LogP contribution in [0.2, 0.25) is 5.02 Å². The number of nitrogens with one attached hydrogen (secondary N) is 1. The van der Waals surface area contributed by atoms with E-state index in [-0.39, 0.29) is 30.0 Å².